The van der Waals surface area contributed by atoms with Crippen LogP contribution in [0.5, 0.6) is 0 Å². The van der Waals surface area contributed by atoms with Crippen LogP contribution in [0.2, 0.25) is 0 Å². The van der Waals surface area contributed by atoms with Crippen LogP contribution in [0, 0.1) is 5.41 Å². The first kappa shape index (κ1) is 13.1. The maximum absolute atomic E-state index is 7.93. The van der Waals surface area contributed by atoms with Gasteiger partial charge in [-0.15, -0.1) is 0 Å². The monoisotopic (exact) mass is 272 g/mol. The number of nitrogens with two attached hydrogens (primary N) is 1. The molecule has 0 aromatic heterocycles. The number of allylic oxidation sites excluding steroid dienone is 5. The zero-order valence-electron chi connectivity index (χ0n) is 11.6. The maximum atomic E-state index is 7.93. The zero-order valence-corrected chi connectivity index (χ0v) is 11.6. The molecule has 1 aliphatic rings. The number of rotatable bonds is 2. The van der Waals surface area contributed by atoms with Crippen molar-refractivity contribution in [2.45, 2.75) is 0 Å². The van der Waals surface area contributed by atoms with Gasteiger partial charge in [0.25, 0.3) is 0 Å². The molecule has 0 saturated heterocycles. The van der Waals surface area contributed by atoms with E-state index >= 15 is 0 Å². The first-order chi connectivity index (χ1) is 10.3. The Hall–Kier alpha value is -2.87. The lowest BCUT2D eigenvalue weighted by molar-refractivity contribution is 1.44. The van der Waals surface area contributed by atoms with Crippen molar-refractivity contribution in [3.63, 3.8) is 0 Å². The summed E-state index contributed by atoms with van der Waals surface area (Å²) in [6, 6.07) is 18.4. The molecule has 0 spiro atoms. The number of hydrogen-bond donors (Lipinski definition) is 2. The Bertz CT molecular complexity index is 748. The van der Waals surface area contributed by atoms with Gasteiger partial charge in [-0.25, -0.2) is 0 Å². The Kier molecular flexibility index (Phi) is 3.52. The highest BCUT2D eigenvalue weighted by molar-refractivity contribution is 6.14. The van der Waals surface area contributed by atoms with Crippen molar-refractivity contribution < 1.29 is 0 Å². The van der Waals surface area contributed by atoms with E-state index in [1.807, 2.05) is 48.6 Å². The van der Waals surface area contributed by atoms with Gasteiger partial charge in [-0.2, -0.15) is 0 Å². The number of hydrogen-bond acceptors (Lipinski definition) is 2. The van der Waals surface area contributed by atoms with E-state index in [1.54, 1.807) is 6.08 Å². The average Bonchev–Trinajstić information content (AvgIpc) is 2.56. The second kappa shape index (κ2) is 5.63. The summed E-state index contributed by atoms with van der Waals surface area (Å²) in [5.74, 6) is 0. The fourth-order valence-electron chi connectivity index (χ4n) is 2.35. The summed E-state index contributed by atoms with van der Waals surface area (Å²) in [7, 11) is 0. The maximum Gasteiger partial charge on any atom is 0.0633 e. The largest absolute Gasteiger partial charge is 0.398 e. The summed E-state index contributed by atoms with van der Waals surface area (Å²) < 4.78 is 0. The van der Waals surface area contributed by atoms with Crippen molar-refractivity contribution in [1.82, 2.24) is 0 Å². The average molecular weight is 272 g/mol. The lowest BCUT2D eigenvalue weighted by Gasteiger charge is -2.11. The second-order valence-corrected chi connectivity index (χ2v) is 4.90. The molecule has 3 rings (SSSR count). The number of benzene rings is 2. The van der Waals surface area contributed by atoms with Crippen molar-refractivity contribution in [2.24, 2.45) is 5.73 Å². The molecule has 1 aliphatic carbocycles. The molecule has 0 aliphatic heterocycles. The lowest BCUT2D eigenvalue weighted by Crippen LogP contribution is -2.08. The van der Waals surface area contributed by atoms with Gasteiger partial charge < -0.3 is 11.1 Å². The molecule has 0 unspecified atom stereocenters. The molecular formula is C19H16N2. The van der Waals surface area contributed by atoms with Crippen LogP contribution in [0.25, 0.3) is 16.8 Å². The van der Waals surface area contributed by atoms with E-state index < -0.39 is 0 Å². The van der Waals surface area contributed by atoms with E-state index in [1.165, 1.54) is 5.56 Å². The fraction of sp³-hybridized carbons (Fsp3) is 0. The Labute approximate surface area is 124 Å². The molecule has 0 fully saturated rings. The van der Waals surface area contributed by atoms with Gasteiger partial charge in [0.2, 0.25) is 0 Å². The Morgan fingerprint density at radius 2 is 1.38 bits per heavy atom. The van der Waals surface area contributed by atoms with Gasteiger partial charge in [0.1, 0.15) is 0 Å². The second-order valence-electron chi connectivity index (χ2n) is 4.90. The highest BCUT2D eigenvalue weighted by atomic mass is 14.6. The summed E-state index contributed by atoms with van der Waals surface area (Å²) in [6.45, 7) is 0. The third kappa shape index (κ3) is 2.70. The number of nitrogens with one attached hydrogen (secondary N) is 1. The topological polar surface area (TPSA) is 49.9 Å². The van der Waals surface area contributed by atoms with Gasteiger partial charge in [-0.1, -0.05) is 72.8 Å². The van der Waals surface area contributed by atoms with Crippen molar-refractivity contribution in [1.29, 1.82) is 5.41 Å². The predicted octanol–water partition coefficient (Wildman–Crippen LogP) is 4.17. The van der Waals surface area contributed by atoms with Crippen LogP contribution < -0.4 is 5.73 Å². The van der Waals surface area contributed by atoms with Crippen LogP contribution in [0.1, 0.15) is 5.56 Å². The van der Waals surface area contributed by atoms with Crippen LogP contribution in [-0.4, -0.2) is 5.71 Å². The Morgan fingerprint density at radius 1 is 0.762 bits per heavy atom. The minimum absolute atomic E-state index is 0.446. The fourth-order valence-corrected chi connectivity index (χ4v) is 2.35. The standard InChI is InChI=1S/C19H16N2/c20-18-9-5-4-8-17(18)19(21)16-12-10-15(11-13-16)14-6-2-1-3-7-14/h1-13,20H,21H2/b19-17-,20-18?. The first-order valence-electron chi connectivity index (χ1n) is 6.85. The third-order valence-corrected chi connectivity index (χ3v) is 3.52. The molecule has 3 N–H and O–H groups in total. The molecular weight excluding hydrogens is 256 g/mol. The third-order valence-electron chi connectivity index (χ3n) is 3.52. The van der Waals surface area contributed by atoms with Crippen molar-refractivity contribution in [3.8, 4) is 11.1 Å². The van der Waals surface area contributed by atoms with Crippen LogP contribution in [-0.2, 0) is 0 Å². The summed E-state index contributed by atoms with van der Waals surface area (Å²) in [4.78, 5) is 0. The molecule has 0 saturated carbocycles. The van der Waals surface area contributed by atoms with Gasteiger partial charge in [0, 0.05) is 11.3 Å². The van der Waals surface area contributed by atoms with Gasteiger partial charge in [-0.3, -0.25) is 0 Å². The predicted molar refractivity (Wildman–Crippen MR) is 89.0 cm³/mol. The summed E-state index contributed by atoms with van der Waals surface area (Å²) in [5.41, 5.74) is 11.3. The SMILES string of the molecule is N=C1C=CC=C/C1=C(/N)c1ccc(-c2ccccc2)cc1. The minimum atomic E-state index is 0.446. The molecule has 2 heteroatoms. The molecule has 0 atom stereocenters. The smallest absolute Gasteiger partial charge is 0.0633 e. The van der Waals surface area contributed by atoms with E-state index in [0.29, 0.717) is 11.4 Å². The molecule has 2 nitrogen and oxygen atoms in total. The molecule has 0 bridgehead atoms. The van der Waals surface area contributed by atoms with Crippen LogP contribution in [0.4, 0.5) is 0 Å². The molecule has 0 amide bonds. The normalized spacial score (nSPS) is 16.1. The Balaban J connectivity index is 1.95. The molecule has 2 aromatic rings. The molecule has 2 aromatic carbocycles. The van der Waals surface area contributed by atoms with E-state index in [2.05, 4.69) is 24.3 Å². The molecule has 21 heavy (non-hydrogen) atoms. The van der Waals surface area contributed by atoms with E-state index in [4.69, 9.17) is 11.1 Å². The first-order valence-corrected chi connectivity index (χ1v) is 6.85. The van der Waals surface area contributed by atoms with Gasteiger partial charge in [0.15, 0.2) is 0 Å². The molecule has 0 radical (unpaired) electrons. The van der Waals surface area contributed by atoms with Gasteiger partial charge in [0.05, 0.1) is 5.71 Å². The van der Waals surface area contributed by atoms with Gasteiger partial charge >= 0.3 is 0 Å². The van der Waals surface area contributed by atoms with Gasteiger partial charge in [-0.05, 0) is 22.8 Å². The summed E-state index contributed by atoms with van der Waals surface area (Å²) in [6.07, 6.45) is 7.37. The van der Waals surface area contributed by atoms with Crippen molar-refractivity contribution in [3.05, 3.63) is 90.0 Å². The summed E-state index contributed by atoms with van der Waals surface area (Å²) in [5, 5.41) is 7.93. The molecule has 0 heterocycles. The van der Waals surface area contributed by atoms with E-state index in [9.17, 15) is 0 Å². The van der Waals surface area contributed by atoms with E-state index in [0.717, 1.165) is 16.7 Å². The van der Waals surface area contributed by atoms with E-state index in [-0.39, 0.29) is 0 Å². The van der Waals surface area contributed by atoms with Crippen molar-refractivity contribution >= 4 is 11.4 Å². The minimum Gasteiger partial charge on any atom is -0.398 e. The highest BCUT2D eigenvalue weighted by Crippen LogP contribution is 2.23. The summed E-state index contributed by atoms with van der Waals surface area (Å²) >= 11 is 0. The Morgan fingerprint density at radius 3 is 2.05 bits per heavy atom. The quantitative estimate of drug-likeness (QED) is 0.847. The highest BCUT2D eigenvalue weighted by Gasteiger charge is 2.09. The van der Waals surface area contributed by atoms with Crippen LogP contribution in [0.3, 0.4) is 0 Å². The van der Waals surface area contributed by atoms with Crippen molar-refractivity contribution in [2.75, 3.05) is 0 Å². The lowest BCUT2D eigenvalue weighted by atomic mass is 9.97. The molecule has 102 valence electrons. The van der Waals surface area contributed by atoms with Crippen LogP contribution in [0.15, 0.2) is 84.5 Å². The van der Waals surface area contributed by atoms with Crippen LogP contribution >= 0.6 is 0 Å². The zero-order chi connectivity index (χ0) is 14.7.